The molecule has 0 saturated carbocycles. The molecular formula is C18H21BrN4O. The van der Waals surface area contributed by atoms with Crippen LogP contribution < -0.4 is 5.32 Å². The van der Waals surface area contributed by atoms with Gasteiger partial charge in [0, 0.05) is 28.9 Å². The highest BCUT2D eigenvalue weighted by molar-refractivity contribution is 9.10. The van der Waals surface area contributed by atoms with Gasteiger partial charge in [-0.3, -0.25) is 4.79 Å². The molecule has 6 heteroatoms. The van der Waals surface area contributed by atoms with Crippen LogP contribution in [0.1, 0.15) is 35.9 Å². The molecule has 1 saturated heterocycles. The molecule has 0 atom stereocenters. The van der Waals surface area contributed by atoms with E-state index in [9.17, 15) is 4.79 Å². The molecule has 1 amide bonds. The van der Waals surface area contributed by atoms with E-state index >= 15 is 0 Å². The van der Waals surface area contributed by atoms with E-state index in [1.54, 1.807) is 6.07 Å². The van der Waals surface area contributed by atoms with E-state index < -0.39 is 0 Å². The first-order chi connectivity index (χ1) is 11.5. The fourth-order valence-electron chi connectivity index (χ4n) is 2.80. The fourth-order valence-corrected chi connectivity index (χ4v) is 3.20. The molecule has 1 N–H and O–H groups in total. The first kappa shape index (κ1) is 16.9. The molecule has 1 aliphatic heterocycles. The minimum Gasteiger partial charge on any atom is -0.337 e. The zero-order valence-corrected chi connectivity index (χ0v) is 15.5. The number of benzene rings is 1. The van der Waals surface area contributed by atoms with Gasteiger partial charge in [-0.1, -0.05) is 28.9 Å². The Labute approximate surface area is 150 Å². The molecule has 5 nitrogen and oxygen atoms in total. The number of nitrogens with zero attached hydrogens (tertiary/aromatic N) is 3. The topological polar surface area (TPSA) is 58.1 Å². The van der Waals surface area contributed by atoms with Gasteiger partial charge in [0.1, 0.15) is 5.69 Å². The summed E-state index contributed by atoms with van der Waals surface area (Å²) in [5.74, 6) is 1.13. The first-order valence-corrected chi connectivity index (χ1v) is 8.98. The van der Waals surface area contributed by atoms with Crippen molar-refractivity contribution in [2.75, 3.05) is 18.4 Å². The highest BCUT2D eigenvalue weighted by Crippen LogP contribution is 2.21. The number of hydrogen-bond donors (Lipinski definition) is 1. The van der Waals surface area contributed by atoms with Gasteiger partial charge in [0.05, 0.1) is 0 Å². The van der Waals surface area contributed by atoms with Crippen LogP contribution in [0.5, 0.6) is 0 Å². The second kappa shape index (κ2) is 7.30. The molecule has 1 aromatic carbocycles. The van der Waals surface area contributed by atoms with Crippen molar-refractivity contribution in [1.29, 1.82) is 0 Å². The Bertz CT molecular complexity index is 742. The summed E-state index contributed by atoms with van der Waals surface area (Å²) < 4.78 is 0.971. The molecule has 1 aromatic heterocycles. The summed E-state index contributed by atoms with van der Waals surface area (Å²) in [5, 5.41) is 3.17. The Morgan fingerprint density at radius 3 is 2.71 bits per heavy atom. The predicted molar refractivity (Wildman–Crippen MR) is 98.5 cm³/mol. The van der Waals surface area contributed by atoms with Gasteiger partial charge in [0.25, 0.3) is 5.91 Å². The zero-order chi connectivity index (χ0) is 17.1. The lowest BCUT2D eigenvalue weighted by molar-refractivity contribution is 0.0691. The first-order valence-electron chi connectivity index (χ1n) is 8.19. The smallest absolute Gasteiger partial charge is 0.272 e. The molecule has 1 aliphatic rings. The summed E-state index contributed by atoms with van der Waals surface area (Å²) in [4.78, 5) is 23.4. The van der Waals surface area contributed by atoms with E-state index in [0.29, 0.717) is 17.6 Å². The minimum absolute atomic E-state index is 0.00954. The summed E-state index contributed by atoms with van der Waals surface area (Å²) in [6.45, 7) is 5.72. The Morgan fingerprint density at radius 2 is 2.00 bits per heavy atom. The maximum absolute atomic E-state index is 12.7. The molecule has 0 bridgehead atoms. The number of aromatic nitrogens is 2. The van der Waals surface area contributed by atoms with Gasteiger partial charge in [-0.2, -0.15) is 0 Å². The lowest BCUT2D eigenvalue weighted by Crippen LogP contribution is -2.38. The molecular weight excluding hydrogens is 368 g/mol. The van der Waals surface area contributed by atoms with Gasteiger partial charge in [-0.25, -0.2) is 9.97 Å². The molecule has 24 heavy (non-hydrogen) atoms. The van der Waals surface area contributed by atoms with Crippen LogP contribution in [0.15, 0.2) is 34.8 Å². The summed E-state index contributed by atoms with van der Waals surface area (Å²) in [6, 6.07) is 9.52. The van der Waals surface area contributed by atoms with Gasteiger partial charge in [0.2, 0.25) is 5.95 Å². The molecule has 126 valence electrons. The van der Waals surface area contributed by atoms with E-state index in [1.165, 1.54) is 0 Å². The quantitative estimate of drug-likeness (QED) is 0.857. The number of hydrogen-bond acceptors (Lipinski definition) is 4. The van der Waals surface area contributed by atoms with Crippen LogP contribution in [0, 0.1) is 12.8 Å². The number of carbonyl (C=O) groups is 1. The van der Waals surface area contributed by atoms with E-state index in [4.69, 9.17) is 0 Å². The molecule has 3 rings (SSSR count). The van der Waals surface area contributed by atoms with Crippen molar-refractivity contribution in [3.63, 3.8) is 0 Å². The highest BCUT2D eigenvalue weighted by Gasteiger charge is 2.23. The number of rotatable bonds is 3. The number of amides is 1. The second-order valence-electron chi connectivity index (χ2n) is 6.33. The Morgan fingerprint density at radius 1 is 1.25 bits per heavy atom. The second-order valence-corrected chi connectivity index (χ2v) is 7.24. The maximum Gasteiger partial charge on any atom is 0.272 e. The normalized spacial score (nSPS) is 15.4. The molecule has 2 aromatic rings. The number of nitrogens with one attached hydrogen (secondary N) is 1. The fraction of sp³-hybridized carbons (Fsp3) is 0.389. The van der Waals surface area contributed by atoms with Crippen molar-refractivity contribution in [2.24, 2.45) is 5.92 Å². The van der Waals surface area contributed by atoms with Crippen LogP contribution in [0.3, 0.4) is 0 Å². The van der Waals surface area contributed by atoms with Gasteiger partial charge >= 0.3 is 0 Å². The summed E-state index contributed by atoms with van der Waals surface area (Å²) in [6.07, 6.45) is 2.11. The van der Waals surface area contributed by atoms with Crippen LogP contribution in [0.4, 0.5) is 11.6 Å². The van der Waals surface area contributed by atoms with E-state index in [2.05, 4.69) is 38.1 Å². The van der Waals surface area contributed by atoms with Crippen molar-refractivity contribution in [2.45, 2.75) is 26.7 Å². The standard InChI is InChI=1S/C18H21BrN4O/c1-12-6-8-23(9-7-12)17(24)16-10-13(2)20-18(22-16)21-15-5-3-4-14(19)11-15/h3-5,10-12H,6-9H2,1-2H3,(H,20,21,22). The third kappa shape index (κ3) is 4.12. The number of piperidine rings is 1. The third-order valence-electron chi connectivity index (χ3n) is 4.22. The van der Waals surface area contributed by atoms with E-state index in [1.807, 2.05) is 36.1 Å². The summed E-state index contributed by atoms with van der Waals surface area (Å²) >= 11 is 3.44. The van der Waals surface area contributed by atoms with Crippen molar-refractivity contribution >= 4 is 33.5 Å². The molecule has 0 aliphatic carbocycles. The van der Waals surface area contributed by atoms with Gasteiger partial charge in [0.15, 0.2) is 0 Å². The number of halogens is 1. The largest absolute Gasteiger partial charge is 0.337 e. The van der Waals surface area contributed by atoms with E-state index in [-0.39, 0.29) is 5.91 Å². The van der Waals surface area contributed by atoms with Crippen LogP contribution in [0.25, 0.3) is 0 Å². The van der Waals surface area contributed by atoms with Crippen LogP contribution in [-0.4, -0.2) is 33.9 Å². The number of likely N-dealkylation sites (tertiary alicyclic amines) is 1. The molecule has 0 unspecified atom stereocenters. The number of aryl methyl sites for hydroxylation is 1. The van der Waals surface area contributed by atoms with Crippen molar-refractivity contribution in [1.82, 2.24) is 14.9 Å². The predicted octanol–water partition coefficient (Wildman–Crippen LogP) is 4.16. The molecule has 1 fully saturated rings. The van der Waals surface area contributed by atoms with Crippen molar-refractivity contribution in [3.05, 3.63) is 46.2 Å². The zero-order valence-electron chi connectivity index (χ0n) is 13.9. The molecule has 0 spiro atoms. The Hall–Kier alpha value is -1.95. The van der Waals surface area contributed by atoms with Gasteiger partial charge in [-0.15, -0.1) is 0 Å². The number of anilines is 2. The highest BCUT2D eigenvalue weighted by atomic mass is 79.9. The average molecular weight is 389 g/mol. The van der Waals surface area contributed by atoms with Crippen LogP contribution in [0.2, 0.25) is 0 Å². The minimum atomic E-state index is -0.00954. The third-order valence-corrected chi connectivity index (χ3v) is 4.72. The van der Waals surface area contributed by atoms with Crippen LogP contribution >= 0.6 is 15.9 Å². The van der Waals surface area contributed by atoms with Gasteiger partial charge < -0.3 is 10.2 Å². The van der Waals surface area contributed by atoms with Crippen molar-refractivity contribution in [3.8, 4) is 0 Å². The Balaban J connectivity index is 1.79. The van der Waals surface area contributed by atoms with E-state index in [0.717, 1.165) is 41.8 Å². The Kier molecular flexibility index (Phi) is 5.14. The lowest BCUT2D eigenvalue weighted by atomic mass is 9.99. The lowest BCUT2D eigenvalue weighted by Gasteiger charge is -2.30. The molecule has 2 heterocycles. The molecule has 0 radical (unpaired) electrons. The van der Waals surface area contributed by atoms with Gasteiger partial charge in [-0.05, 0) is 49.9 Å². The van der Waals surface area contributed by atoms with Crippen molar-refractivity contribution < 1.29 is 4.79 Å². The SMILES string of the molecule is Cc1cc(C(=O)N2CCC(C)CC2)nc(Nc2cccc(Br)c2)n1. The summed E-state index contributed by atoms with van der Waals surface area (Å²) in [7, 11) is 0. The monoisotopic (exact) mass is 388 g/mol. The maximum atomic E-state index is 12.7. The summed E-state index contributed by atoms with van der Waals surface area (Å²) in [5.41, 5.74) is 2.10. The average Bonchev–Trinajstić information content (AvgIpc) is 2.54. The number of carbonyl (C=O) groups excluding carboxylic acids is 1. The van der Waals surface area contributed by atoms with Crippen LogP contribution in [-0.2, 0) is 0 Å².